The SMILES string of the molecule is O=S1(=O)C[C@H](O)[C@@H](N2CCC(O)(c3ccc(Cl)cc3)CC2)C1. The van der Waals surface area contributed by atoms with Gasteiger partial charge < -0.3 is 10.2 Å². The van der Waals surface area contributed by atoms with Crippen LogP contribution in [-0.2, 0) is 15.4 Å². The molecule has 0 unspecified atom stereocenters. The van der Waals surface area contributed by atoms with Crippen molar-refractivity contribution < 1.29 is 18.6 Å². The first kappa shape index (κ1) is 16.2. The number of rotatable bonds is 2. The highest BCUT2D eigenvalue weighted by molar-refractivity contribution is 7.91. The van der Waals surface area contributed by atoms with E-state index in [2.05, 4.69) is 0 Å². The Balaban J connectivity index is 1.68. The Morgan fingerprint density at radius 3 is 2.23 bits per heavy atom. The highest BCUT2D eigenvalue weighted by Crippen LogP contribution is 2.35. The molecule has 2 N–H and O–H groups in total. The molecule has 0 aromatic heterocycles. The van der Waals surface area contributed by atoms with E-state index in [-0.39, 0.29) is 17.5 Å². The molecular formula is C15H20ClNO4S. The largest absolute Gasteiger partial charge is 0.390 e. The summed E-state index contributed by atoms with van der Waals surface area (Å²) in [6.07, 6.45) is 0.197. The molecule has 2 heterocycles. The minimum absolute atomic E-state index is 0.00748. The summed E-state index contributed by atoms with van der Waals surface area (Å²) in [5, 5.41) is 21.4. The summed E-state index contributed by atoms with van der Waals surface area (Å²) >= 11 is 5.87. The zero-order chi connectivity index (χ0) is 16.0. The maximum atomic E-state index is 11.6. The van der Waals surface area contributed by atoms with Crippen molar-refractivity contribution in [2.75, 3.05) is 24.6 Å². The number of hydrogen-bond donors (Lipinski definition) is 2. The average Bonchev–Trinajstić information content (AvgIpc) is 2.73. The molecule has 1 aromatic rings. The summed E-state index contributed by atoms with van der Waals surface area (Å²) < 4.78 is 23.3. The van der Waals surface area contributed by atoms with E-state index in [0.717, 1.165) is 5.56 Å². The fourth-order valence-corrected chi connectivity index (χ4v) is 5.39. The summed E-state index contributed by atoms with van der Waals surface area (Å²) in [6, 6.07) is 6.82. The van der Waals surface area contributed by atoms with Crippen molar-refractivity contribution in [2.24, 2.45) is 0 Å². The van der Waals surface area contributed by atoms with Crippen molar-refractivity contribution in [1.82, 2.24) is 4.90 Å². The second-order valence-electron chi connectivity index (χ2n) is 6.29. The zero-order valence-corrected chi connectivity index (χ0v) is 13.7. The van der Waals surface area contributed by atoms with Gasteiger partial charge in [-0.25, -0.2) is 8.42 Å². The monoisotopic (exact) mass is 345 g/mol. The van der Waals surface area contributed by atoms with Gasteiger partial charge in [-0.15, -0.1) is 0 Å². The van der Waals surface area contributed by atoms with E-state index in [9.17, 15) is 18.6 Å². The van der Waals surface area contributed by atoms with Crippen LogP contribution in [0.1, 0.15) is 18.4 Å². The summed E-state index contributed by atoms with van der Waals surface area (Å²) in [4.78, 5) is 1.99. The lowest BCUT2D eigenvalue weighted by molar-refractivity contribution is -0.0449. The van der Waals surface area contributed by atoms with E-state index in [1.165, 1.54) is 0 Å². The molecule has 2 aliphatic rings. The van der Waals surface area contributed by atoms with Gasteiger partial charge in [0.1, 0.15) is 0 Å². The van der Waals surface area contributed by atoms with Gasteiger partial charge in [0.2, 0.25) is 0 Å². The van der Waals surface area contributed by atoms with Crippen LogP contribution in [0, 0.1) is 0 Å². The van der Waals surface area contributed by atoms with Crippen molar-refractivity contribution in [2.45, 2.75) is 30.6 Å². The molecule has 2 saturated heterocycles. The van der Waals surface area contributed by atoms with E-state index < -0.39 is 21.5 Å². The number of aliphatic hydroxyl groups is 2. The fraction of sp³-hybridized carbons (Fsp3) is 0.600. The lowest BCUT2D eigenvalue weighted by Gasteiger charge is -2.41. The van der Waals surface area contributed by atoms with Crippen LogP contribution in [0.3, 0.4) is 0 Å². The predicted molar refractivity (Wildman–Crippen MR) is 84.6 cm³/mol. The quantitative estimate of drug-likeness (QED) is 0.828. The lowest BCUT2D eigenvalue weighted by Crippen LogP contribution is -2.50. The highest BCUT2D eigenvalue weighted by atomic mass is 35.5. The summed E-state index contributed by atoms with van der Waals surface area (Å²) in [7, 11) is -3.15. The third-order valence-corrected chi connectivity index (χ3v) is 6.72. The van der Waals surface area contributed by atoms with Crippen LogP contribution in [0.25, 0.3) is 0 Å². The Bertz CT molecular complexity index is 638. The van der Waals surface area contributed by atoms with Crippen LogP contribution in [-0.4, -0.2) is 60.3 Å². The van der Waals surface area contributed by atoms with Crippen LogP contribution in [0.2, 0.25) is 5.02 Å². The van der Waals surface area contributed by atoms with Gasteiger partial charge >= 0.3 is 0 Å². The van der Waals surface area contributed by atoms with Crippen molar-refractivity contribution in [3.63, 3.8) is 0 Å². The Morgan fingerprint density at radius 1 is 1.14 bits per heavy atom. The van der Waals surface area contributed by atoms with Gasteiger partial charge in [-0.1, -0.05) is 23.7 Å². The number of likely N-dealkylation sites (tertiary alicyclic amines) is 1. The van der Waals surface area contributed by atoms with Crippen molar-refractivity contribution in [3.05, 3.63) is 34.9 Å². The molecule has 0 radical (unpaired) electrons. The smallest absolute Gasteiger partial charge is 0.154 e. The van der Waals surface area contributed by atoms with Crippen LogP contribution < -0.4 is 0 Å². The molecule has 0 bridgehead atoms. The summed E-state index contributed by atoms with van der Waals surface area (Å²) in [6.45, 7) is 1.13. The third kappa shape index (κ3) is 3.16. The molecule has 22 heavy (non-hydrogen) atoms. The molecule has 0 aliphatic carbocycles. The molecule has 3 rings (SSSR count). The maximum Gasteiger partial charge on any atom is 0.154 e. The molecule has 0 spiro atoms. The minimum Gasteiger partial charge on any atom is -0.390 e. The van der Waals surface area contributed by atoms with E-state index >= 15 is 0 Å². The van der Waals surface area contributed by atoms with E-state index in [1.54, 1.807) is 12.1 Å². The number of benzene rings is 1. The van der Waals surface area contributed by atoms with Gasteiger partial charge in [0, 0.05) is 18.1 Å². The van der Waals surface area contributed by atoms with Crippen LogP contribution in [0.15, 0.2) is 24.3 Å². The number of aliphatic hydroxyl groups excluding tert-OH is 1. The predicted octanol–water partition coefficient (Wildman–Crippen LogP) is 0.781. The van der Waals surface area contributed by atoms with Crippen molar-refractivity contribution >= 4 is 21.4 Å². The molecule has 7 heteroatoms. The zero-order valence-electron chi connectivity index (χ0n) is 12.2. The third-order valence-electron chi connectivity index (χ3n) is 4.77. The lowest BCUT2D eigenvalue weighted by atomic mass is 9.84. The summed E-state index contributed by atoms with van der Waals surface area (Å²) in [5.41, 5.74) is -0.0834. The number of halogens is 1. The molecule has 2 fully saturated rings. The Morgan fingerprint density at radius 2 is 1.73 bits per heavy atom. The number of nitrogens with zero attached hydrogens (tertiary/aromatic N) is 1. The normalized spacial score (nSPS) is 31.2. The molecule has 5 nitrogen and oxygen atoms in total. The van der Waals surface area contributed by atoms with E-state index in [0.29, 0.717) is 31.0 Å². The van der Waals surface area contributed by atoms with Crippen LogP contribution in [0.4, 0.5) is 0 Å². The minimum atomic E-state index is -3.15. The van der Waals surface area contributed by atoms with Crippen molar-refractivity contribution in [3.8, 4) is 0 Å². The number of sulfone groups is 1. The van der Waals surface area contributed by atoms with E-state index in [1.807, 2.05) is 17.0 Å². The number of piperidine rings is 1. The molecule has 2 aliphatic heterocycles. The first-order valence-corrected chi connectivity index (χ1v) is 9.60. The van der Waals surface area contributed by atoms with Crippen LogP contribution >= 0.6 is 11.6 Å². The highest BCUT2D eigenvalue weighted by Gasteiger charge is 2.43. The summed E-state index contributed by atoms with van der Waals surface area (Å²) in [5.74, 6) is -0.150. The second-order valence-corrected chi connectivity index (χ2v) is 8.88. The fourth-order valence-electron chi connectivity index (χ4n) is 3.43. The van der Waals surface area contributed by atoms with Gasteiger partial charge in [-0.2, -0.15) is 0 Å². The molecule has 0 amide bonds. The molecule has 122 valence electrons. The Hall–Kier alpha value is -0.660. The molecule has 0 saturated carbocycles. The van der Waals surface area contributed by atoms with E-state index in [4.69, 9.17) is 11.6 Å². The van der Waals surface area contributed by atoms with Gasteiger partial charge in [-0.3, -0.25) is 4.90 Å². The van der Waals surface area contributed by atoms with Gasteiger partial charge in [0.05, 0.1) is 29.3 Å². The molecular weight excluding hydrogens is 326 g/mol. The van der Waals surface area contributed by atoms with Crippen molar-refractivity contribution in [1.29, 1.82) is 0 Å². The molecule has 2 atom stereocenters. The van der Waals surface area contributed by atoms with Gasteiger partial charge in [-0.05, 0) is 30.5 Å². The standard InChI is InChI=1S/C15H20ClNO4S/c16-12-3-1-11(2-4-12)15(19)5-7-17(8-6-15)13-9-22(20,21)10-14(13)18/h1-4,13-14,18-19H,5-10H2/t13-,14-/m0/s1. The second kappa shape index (κ2) is 5.76. The Kier molecular flexibility index (Phi) is 4.24. The topological polar surface area (TPSA) is 77.8 Å². The molecule has 1 aromatic carbocycles. The average molecular weight is 346 g/mol. The Labute approximate surface area is 135 Å². The van der Waals surface area contributed by atoms with Crippen LogP contribution in [0.5, 0.6) is 0 Å². The maximum absolute atomic E-state index is 11.6. The van der Waals surface area contributed by atoms with Gasteiger partial charge in [0.15, 0.2) is 9.84 Å². The van der Waals surface area contributed by atoms with Gasteiger partial charge in [0.25, 0.3) is 0 Å². The number of hydrogen-bond acceptors (Lipinski definition) is 5. The first-order chi connectivity index (χ1) is 10.3. The first-order valence-electron chi connectivity index (χ1n) is 7.40.